The van der Waals surface area contributed by atoms with E-state index >= 15 is 0 Å². The maximum Gasteiger partial charge on any atom is 0.412 e. The van der Waals surface area contributed by atoms with E-state index in [1.54, 1.807) is 4.90 Å². The molecule has 6 nitrogen and oxygen atoms in total. The maximum absolute atomic E-state index is 12.7. The molecule has 2 atom stereocenters. The lowest BCUT2D eigenvalue weighted by atomic mass is 10.1. The number of hydrogen-bond donors (Lipinski definition) is 0. The molecule has 2 rings (SSSR count). The zero-order valence-electron chi connectivity index (χ0n) is 16.2. The zero-order chi connectivity index (χ0) is 19.4. The van der Waals surface area contributed by atoms with Crippen LogP contribution in [0.5, 0.6) is 0 Å². The highest BCUT2D eigenvalue weighted by Gasteiger charge is 2.48. The molecule has 6 heteroatoms. The SMILES string of the molecule is CC(C)(C)OC(=O)N1[C@H]([C@@H](CC=O)OCc2ccccc2)COC1(C)C. The van der Waals surface area contributed by atoms with E-state index < -0.39 is 29.6 Å². The fourth-order valence-corrected chi connectivity index (χ4v) is 2.98. The summed E-state index contributed by atoms with van der Waals surface area (Å²) in [6.07, 6.45) is 0.0519. The van der Waals surface area contributed by atoms with Crippen LogP contribution in [0, 0.1) is 0 Å². The van der Waals surface area contributed by atoms with Crippen LogP contribution >= 0.6 is 0 Å². The van der Waals surface area contributed by atoms with Crippen LogP contribution in [0.2, 0.25) is 0 Å². The van der Waals surface area contributed by atoms with Crippen LogP contribution in [0.15, 0.2) is 30.3 Å². The van der Waals surface area contributed by atoms with Crippen LogP contribution in [0.4, 0.5) is 4.79 Å². The largest absolute Gasteiger partial charge is 0.444 e. The first-order valence-electron chi connectivity index (χ1n) is 8.89. The lowest BCUT2D eigenvalue weighted by Crippen LogP contribution is -2.53. The zero-order valence-corrected chi connectivity index (χ0v) is 16.2. The molecule has 1 amide bonds. The highest BCUT2D eigenvalue weighted by molar-refractivity contribution is 5.70. The van der Waals surface area contributed by atoms with Crippen molar-refractivity contribution in [1.29, 1.82) is 0 Å². The van der Waals surface area contributed by atoms with Crippen LogP contribution in [0.25, 0.3) is 0 Å². The third kappa shape index (κ3) is 5.29. The van der Waals surface area contributed by atoms with E-state index in [0.29, 0.717) is 13.2 Å². The first kappa shape index (κ1) is 20.4. The number of nitrogens with zero attached hydrogens (tertiary/aromatic N) is 1. The summed E-state index contributed by atoms with van der Waals surface area (Å²) in [5, 5.41) is 0. The minimum absolute atomic E-state index is 0.177. The van der Waals surface area contributed by atoms with Gasteiger partial charge >= 0.3 is 6.09 Å². The molecule has 1 saturated heterocycles. The van der Waals surface area contributed by atoms with Crippen molar-refractivity contribution >= 4 is 12.4 Å². The van der Waals surface area contributed by atoms with Gasteiger partial charge in [0, 0.05) is 6.42 Å². The molecule has 0 bridgehead atoms. The number of benzene rings is 1. The average Bonchev–Trinajstić information content (AvgIpc) is 2.86. The number of ether oxygens (including phenoxy) is 3. The number of rotatable bonds is 6. The summed E-state index contributed by atoms with van der Waals surface area (Å²) < 4.78 is 17.3. The van der Waals surface area contributed by atoms with E-state index in [2.05, 4.69) is 0 Å². The molecular formula is C20H29NO5. The first-order valence-corrected chi connectivity index (χ1v) is 8.89. The van der Waals surface area contributed by atoms with Gasteiger partial charge in [-0.3, -0.25) is 4.90 Å². The quantitative estimate of drug-likeness (QED) is 0.724. The molecule has 1 aromatic rings. The van der Waals surface area contributed by atoms with E-state index in [0.717, 1.165) is 11.8 Å². The summed E-state index contributed by atoms with van der Waals surface area (Å²) in [7, 11) is 0. The maximum atomic E-state index is 12.7. The number of hydrogen-bond acceptors (Lipinski definition) is 5. The van der Waals surface area contributed by atoms with Gasteiger partial charge in [-0.15, -0.1) is 0 Å². The molecule has 0 aromatic heterocycles. The number of carbonyl (C=O) groups excluding carboxylic acids is 2. The Morgan fingerprint density at radius 1 is 1.35 bits per heavy atom. The van der Waals surface area contributed by atoms with Crippen molar-refractivity contribution in [3.8, 4) is 0 Å². The third-order valence-electron chi connectivity index (χ3n) is 4.17. The highest BCUT2D eigenvalue weighted by atomic mass is 16.6. The van der Waals surface area contributed by atoms with Crippen molar-refractivity contribution in [3.63, 3.8) is 0 Å². The monoisotopic (exact) mass is 363 g/mol. The van der Waals surface area contributed by atoms with Gasteiger partial charge in [0.25, 0.3) is 0 Å². The Balaban J connectivity index is 2.16. The van der Waals surface area contributed by atoms with Crippen LogP contribution in [0.1, 0.15) is 46.6 Å². The van der Waals surface area contributed by atoms with Gasteiger partial charge in [-0.2, -0.15) is 0 Å². The van der Waals surface area contributed by atoms with Crippen LogP contribution in [0.3, 0.4) is 0 Å². The summed E-state index contributed by atoms with van der Waals surface area (Å²) in [4.78, 5) is 25.5. The van der Waals surface area contributed by atoms with Crippen LogP contribution in [-0.2, 0) is 25.6 Å². The van der Waals surface area contributed by atoms with E-state index in [1.165, 1.54) is 0 Å². The molecule has 0 saturated carbocycles. The number of amides is 1. The van der Waals surface area contributed by atoms with Gasteiger partial charge in [0.1, 0.15) is 17.6 Å². The second-order valence-electron chi connectivity index (χ2n) is 7.91. The lowest BCUT2D eigenvalue weighted by Gasteiger charge is -2.37. The molecular weight excluding hydrogens is 334 g/mol. The van der Waals surface area contributed by atoms with Gasteiger partial charge in [0.2, 0.25) is 0 Å². The Kier molecular flexibility index (Phi) is 6.42. The Labute approximate surface area is 155 Å². The summed E-state index contributed by atoms with van der Waals surface area (Å²) in [6, 6.07) is 9.32. The van der Waals surface area contributed by atoms with Gasteiger partial charge in [0.05, 0.1) is 25.4 Å². The van der Waals surface area contributed by atoms with E-state index in [1.807, 2.05) is 65.0 Å². The summed E-state index contributed by atoms with van der Waals surface area (Å²) in [5.41, 5.74) is -0.444. The Morgan fingerprint density at radius 2 is 2.00 bits per heavy atom. The molecule has 0 N–H and O–H groups in total. The molecule has 1 aliphatic heterocycles. The average molecular weight is 363 g/mol. The number of carbonyl (C=O) groups is 2. The number of aldehydes is 1. The van der Waals surface area contributed by atoms with Gasteiger partial charge in [-0.25, -0.2) is 4.79 Å². The molecule has 0 unspecified atom stereocenters. The van der Waals surface area contributed by atoms with Gasteiger partial charge in [-0.1, -0.05) is 30.3 Å². The lowest BCUT2D eigenvalue weighted by molar-refractivity contribution is -0.113. The molecule has 1 fully saturated rings. The van der Waals surface area contributed by atoms with Crippen molar-refractivity contribution < 1.29 is 23.8 Å². The first-order chi connectivity index (χ1) is 12.1. The third-order valence-corrected chi connectivity index (χ3v) is 4.17. The normalized spacial score (nSPS) is 20.7. The minimum atomic E-state index is -0.829. The van der Waals surface area contributed by atoms with Crippen LogP contribution in [-0.4, -0.2) is 47.4 Å². The van der Waals surface area contributed by atoms with Gasteiger partial charge < -0.3 is 19.0 Å². The summed E-state index contributed by atoms with van der Waals surface area (Å²) in [5.74, 6) is 0. The topological polar surface area (TPSA) is 65.1 Å². The predicted octanol–water partition coefficient (Wildman–Crippen LogP) is 3.53. The molecule has 0 aliphatic carbocycles. The molecule has 1 aromatic carbocycles. The summed E-state index contributed by atoms with van der Waals surface area (Å²) in [6.45, 7) is 9.73. The van der Waals surface area contributed by atoms with E-state index in [4.69, 9.17) is 14.2 Å². The minimum Gasteiger partial charge on any atom is -0.444 e. The van der Waals surface area contributed by atoms with Crippen molar-refractivity contribution in [3.05, 3.63) is 35.9 Å². The molecule has 26 heavy (non-hydrogen) atoms. The molecule has 1 heterocycles. The second-order valence-corrected chi connectivity index (χ2v) is 7.91. The highest BCUT2D eigenvalue weighted by Crippen LogP contribution is 2.32. The van der Waals surface area contributed by atoms with Crippen molar-refractivity contribution in [2.24, 2.45) is 0 Å². The van der Waals surface area contributed by atoms with Crippen molar-refractivity contribution in [1.82, 2.24) is 4.90 Å². The Hall–Kier alpha value is -1.92. The molecule has 0 spiro atoms. The molecule has 144 valence electrons. The fourth-order valence-electron chi connectivity index (χ4n) is 2.98. The fraction of sp³-hybridized carbons (Fsp3) is 0.600. The smallest absolute Gasteiger partial charge is 0.412 e. The standard InChI is InChI=1S/C20H29NO5/c1-19(2,3)26-18(23)21-16(14-25-20(21,4)5)17(11-12-22)24-13-15-9-7-6-8-10-15/h6-10,12,16-17H,11,13-14H2,1-5H3/t16-,17+/m0/s1. The molecule has 1 aliphatic rings. The van der Waals surface area contributed by atoms with Crippen molar-refractivity contribution in [2.75, 3.05) is 6.61 Å². The van der Waals surface area contributed by atoms with E-state index in [-0.39, 0.29) is 6.42 Å². The van der Waals surface area contributed by atoms with Gasteiger partial charge in [0.15, 0.2) is 0 Å². The predicted molar refractivity (Wildman–Crippen MR) is 97.6 cm³/mol. The van der Waals surface area contributed by atoms with Crippen LogP contribution < -0.4 is 0 Å². The van der Waals surface area contributed by atoms with Crippen molar-refractivity contribution in [2.45, 2.75) is 71.1 Å². The van der Waals surface area contributed by atoms with E-state index in [9.17, 15) is 9.59 Å². The Bertz CT molecular complexity index is 608. The Morgan fingerprint density at radius 3 is 2.58 bits per heavy atom. The molecule has 0 radical (unpaired) electrons. The second kappa shape index (κ2) is 8.18. The van der Waals surface area contributed by atoms with Gasteiger partial charge in [-0.05, 0) is 40.2 Å². The summed E-state index contributed by atoms with van der Waals surface area (Å²) >= 11 is 0.